The molecule has 1 heterocycles. The van der Waals surface area contributed by atoms with Crippen LogP contribution in [0.25, 0.3) is 16.5 Å². The summed E-state index contributed by atoms with van der Waals surface area (Å²) in [6, 6.07) is 20.1. The highest BCUT2D eigenvalue weighted by molar-refractivity contribution is 5.99. The highest BCUT2D eigenvalue weighted by Gasteiger charge is 2.14. The number of rotatable bonds is 5. The van der Waals surface area contributed by atoms with E-state index in [4.69, 9.17) is 0 Å². The van der Waals surface area contributed by atoms with E-state index in [1.807, 2.05) is 67.8 Å². The van der Waals surface area contributed by atoms with Crippen LogP contribution in [-0.4, -0.2) is 21.6 Å². The van der Waals surface area contributed by atoms with Crippen molar-refractivity contribution in [3.63, 3.8) is 0 Å². The van der Waals surface area contributed by atoms with Crippen molar-refractivity contribution in [1.29, 1.82) is 0 Å². The molecule has 7 nitrogen and oxygen atoms in total. The third-order valence-corrected chi connectivity index (χ3v) is 5.48. The first-order chi connectivity index (χ1) is 15.3. The lowest BCUT2D eigenvalue weighted by atomic mass is 10.1. The van der Waals surface area contributed by atoms with Crippen molar-refractivity contribution in [2.45, 2.75) is 20.8 Å². The number of hydrazone groups is 1. The molecule has 0 bridgehead atoms. The van der Waals surface area contributed by atoms with Gasteiger partial charge >= 0.3 is 0 Å². The molecule has 0 aliphatic carbocycles. The highest BCUT2D eigenvalue weighted by atomic mass is 16.6. The number of carbonyl (C=O) groups is 1. The Morgan fingerprint density at radius 2 is 1.75 bits per heavy atom. The second kappa shape index (κ2) is 8.47. The molecule has 32 heavy (non-hydrogen) atoms. The Hall–Kier alpha value is -4.26. The van der Waals surface area contributed by atoms with Gasteiger partial charge in [-0.25, -0.2) is 5.43 Å². The quantitative estimate of drug-likeness (QED) is 0.269. The number of nitro benzene ring substituents is 1. The maximum absolute atomic E-state index is 12.5. The van der Waals surface area contributed by atoms with Crippen LogP contribution in [0.4, 0.5) is 5.69 Å². The average molecular weight is 426 g/mol. The van der Waals surface area contributed by atoms with Crippen molar-refractivity contribution >= 4 is 28.6 Å². The molecule has 0 aliphatic rings. The Kier molecular flexibility index (Phi) is 5.55. The Morgan fingerprint density at radius 1 is 1.00 bits per heavy atom. The first-order valence-electron chi connectivity index (χ1n) is 10.1. The molecule has 1 N–H and O–H groups in total. The van der Waals surface area contributed by atoms with Gasteiger partial charge in [0, 0.05) is 40.3 Å². The smallest absolute Gasteiger partial charge is 0.271 e. The second-order valence-electron chi connectivity index (χ2n) is 7.65. The first kappa shape index (κ1) is 21.0. The van der Waals surface area contributed by atoms with Gasteiger partial charge < -0.3 is 4.57 Å². The van der Waals surface area contributed by atoms with Crippen LogP contribution in [0.15, 0.2) is 71.8 Å². The van der Waals surface area contributed by atoms with E-state index in [1.165, 1.54) is 6.07 Å². The predicted molar refractivity (Wildman–Crippen MR) is 126 cm³/mol. The molecule has 160 valence electrons. The largest absolute Gasteiger partial charge is 0.318 e. The van der Waals surface area contributed by atoms with Crippen LogP contribution >= 0.6 is 0 Å². The molecule has 1 amide bonds. The van der Waals surface area contributed by atoms with Gasteiger partial charge in [0.05, 0.1) is 11.1 Å². The third-order valence-electron chi connectivity index (χ3n) is 5.48. The van der Waals surface area contributed by atoms with Crippen molar-refractivity contribution in [2.24, 2.45) is 5.10 Å². The number of fused-ring (bicyclic) bond motifs is 1. The van der Waals surface area contributed by atoms with Gasteiger partial charge in [0.15, 0.2) is 0 Å². The molecular weight excluding hydrogens is 404 g/mol. The van der Waals surface area contributed by atoms with Crippen LogP contribution in [0, 0.1) is 30.9 Å². The minimum absolute atomic E-state index is 0.0619. The Bertz CT molecular complexity index is 1390. The summed E-state index contributed by atoms with van der Waals surface area (Å²) in [6.45, 7) is 5.75. The number of amides is 1. The zero-order valence-corrected chi connectivity index (χ0v) is 18.0. The highest BCUT2D eigenvalue weighted by Crippen LogP contribution is 2.25. The maximum Gasteiger partial charge on any atom is 0.271 e. The number of non-ortho nitro benzene ring substituents is 1. The van der Waals surface area contributed by atoms with Gasteiger partial charge in [-0.05, 0) is 61.4 Å². The van der Waals surface area contributed by atoms with E-state index in [1.54, 1.807) is 24.4 Å². The maximum atomic E-state index is 12.5. The second-order valence-corrected chi connectivity index (χ2v) is 7.65. The summed E-state index contributed by atoms with van der Waals surface area (Å²) in [5.41, 5.74) is 7.57. The van der Waals surface area contributed by atoms with Crippen molar-refractivity contribution in [2.75, 3.05) is 0 Å². The predicted octanol–water partition coefficient (Wildman–Crippen LogP) is 5.23. The van der Waals surface area contributed by atoms with E-state index in [9.17, 15) is 14.9 Å². The van der Waals surface area contributed by atoms with Crippen LogP contribution in [-0.2, 0) is 0 Å². The molecule has 0 fully saturated rings. The summed E-state index contributed by atoms with van der Waals surface area (Å²) < 4.78 is 2.02. The molecular formula is C25H22N4O3. The number of nitrogens with one attached hydrogen (secondary N) is 1. The fourth-order valence-electron chi connectivity index (χ4n) is 3.85. The van der Waals surface area contributed by atoms with E-state index in [0.717, 1.165) is 39.0 Å². The first-order valence-corrected chi connectivity index (χ1v) is 10.1. The third kappa shape index (κ3) is 4.00. The number of nitrogens with zero attached hydrogens (tertiary/aromatic N) is 3. The molecule has 0 saturated heterocycles. The van der Waals surface area contributed by atoms with Gasteiger partial charge in [-0.3, -0.25) is 14.9 Å². The standard InChI is InChI=1S/C25H22N4O3/c1-16-12-23(29(31)32)10-11-24(16)28-17(2)13-22(18(28)3)15-26-27-25(30)21-9-8-19-6-4-5-7-20(19)14-21/h4-15H,1-3H3,(H,27,30)/b26-15+. The number of nitro groups is 1. The van der Waals surface area contributed by atoms with Crippen molar-refractivity contribution in [3.05, 3.63) is 105 Å². The molecule has 0 spiro atoms. The monoisotopic (exact) mass is 426 g/mol. The number of aromatic nitrogens is 1. The van der Waals surface area contributed by atoms with Crippen LogP contribution < -0.4 is 5.43 Å². The van der Waals surface area contributed by atoms with E-state index in [2.05, 4.69) is 10.5 Å². The summed E-state index contributed by atoms with van der Waals surface area (Å²) in [6.07, 6.45) is 1.61. The van der Waals surface area contributed by atoms with Crippen LogP contribution in [0.5, 0.6) is 0 Å². The van der Waals surface area contributed by atoms with Crippen LogP contribution in [0.3, 0.4) is 0 Å². The van der Waals surface area contributed by atoms with Crippen LogP contribution in [0.2, 0.25) is 0 Å². The molecule has 0 saturated carbocycles. The SMILES string of the molecule is Cc1cc([N+](=O)[O-])ccc1-n1c(C)cc(/C=N/NC(=O)c2ccc3ccccc3c2)c1C. The van der Waals surface area contributed by atoms with E-state index >= 15 is 0 Å². The molecule has 1 aromatic heterocycles. The number of carbonyl (C=O) groups excluding carboxylic acids is 1. The molecule has 4 rings (SSSR count). The molecule has 0 aliphatic heterocycles. The van der Waals surface area contributed by atoms with Gasteiger partial charge in [0.1, 0.15) is 0 Å². The average Bonchev–Trinajstić information content (AvgIpc) is 3.06. The van der Waals surface area contributed by atoms with Crippen LogP contribution in [0.1, 0.15) is 32.9 Å². The Labute approximate surface area is 185 Å². The Morgan fingerprint density at radius 3 is 2.47 bits per heavy atom. The zero-order valence-electron chi connectivity index (χ0n) is 18.0. The summed E-state index contributed by atoms with van der Waals surface area (Å²) >= 11 is 0. The lowest BCUT2D eigenvalue weighted by Crippen LogP contribution is -2.17. The molecule has 7 heteroatoms. The van der Waals surface area contributed by atoms with Gasteiger partial charge in [0.25, 0.3) is 11.6 Å². The van der Waals surface area contributed by atoms with Gasteiger partial charge in [-0.2, -0.15) is 5.10 Å². The fourth-order valence-corrected chi connectivity index (χ4v) is 3.85. The Balaban J connectivity index is 1.55. The lowest BCUT2D eigenvalue weighted by molar-refractivity contribution is -0.384. The summed E-state index contributed by atoms with van der Waals surface area (Å²) in [7, 11) is 0. The summed E-state index contributed by atoms with van der Waals surface area (Å²) in [5.74, 6) is -0.285. The minimum atomic E-state index is -0.400. The zero-order chi connectivity index (χ0) is 22.8. The van der Waals surface area contributed by atoms with Crippen molar-refractivity contribution in [1.82, 2.24) is 9.99 Å². The van der Waals surface area contributed by atoms with Gasteiger partial charge in [-0.15, -0.1) is 0 Å². The minimum Gasteiger partial charge on any atom is -0.318 e. The number of aryl methyl sites for hydroxylation is 2. The van der Waals surface area contributed by atoms with Crippen molar-refractivity contribution in [3.8, 4) is 5.69 Å². The number of hydrogen-bond donors (Lipinski definition) is 1. The molecule has 0 radical (unpaired) electrons. The molecule has 0 atom stereocenters. The summed E-state index contributed by atoms with van der Waals surface area (Å²) in [5, 5.41) is 17.2. The lowest BCUT2D eigenvalue weighted by Gasteiger charge is -2.12. The molecule has 0 unspecified atom stereocenters. The van der Waals surface area contributed by atoms with Gasteiger partial charge in [0.2, 0.25) is 0 Å². The molecule has 3 aromatic carbocycles. The van der Waals surface area contributed by atoms with E-state index in [-0.39, 0.29) is 11.6 Å². The molecule has 4 aromatic rings. The summed E-state index contributed by atoms with van der Waals surface area (Å²) in [4.78, 5) is 23.1. The van der Waals surface area contributed by atoms with E-state index < -0.39 is 4.92 Å². The van der Waals surface area contributed by atoms with Gasteiger partial charge in [-0.1, -0.05) is 30.3 Å². The van der Waals surface area contributed by atoms with E-state index in [0.29, 0.717) is 5.56 Å². The fraction of sp³-hybridized carbons (Fsp3) is 0.120. The topological polar surface area (TPSA) is 89.5 Å². The number of benzene rings is 3. The number of hydrogen-bond acceptors (Lipinski definition) is 4. The normalized spacial score (nSPS) is 11.2. The van der Waals surface area contributed by atoms with Crippen molar-refractivity contribution < 1.29 is 9.72 Å².